The van der Waals surface area contributed by atoms with Gasteiger partial charge in [0.2, 0.25) is 0 Å². The van der Waals surface area contributed by atoms with Gasteiger partial charge in [0.15, 0.2) is 18.5 Å². The number of nitrogens with two attached hydrogens (primary N) is 1. The number of nitrogens with zero attached hydrogens (tertiary/aromatic N) is 7. The number of anilines is 1. The number of cyclic esters (lactones) is 1. The zero-order chi connectivity index (χ0) is 45.4. The number of aromatic nitrogens is 3. The van der Waals surface area contributed by atoms with Gasteiger partial charge in [0.1, 0.15) is 29.4 Å². The second-order valence-corrected chi connectivity index (χ2v) is 18.7. The van der Waals surface area contributed by atoms with Crippen LogP contribution in [0.1, 0.15) is 80.3 Å². The Kier molecular flexibility index (Phi) is 14.1. The fraction of sp³-hybridized carbons (Fsp3) is 0.711. The van der Waals surface area contributed by atoms with Crippen molar-refractivity contribution in [3.8, 4) is 11.4 Å². The first kappa shape index (κ1) is 46.7. The number of carbonyl (C=O) groups is 2. The zero-order valence-corrected chi connectivity index (χ0v) is 38.3. The Bertz CT molecular complexity index is 2020. The molecule has 3 N–H and O–H groups in total. The number of aliphatic hydroxyl groups is 1. The molecule has 63 heavy (non-hydrogen) atoms. The molecule has 18 heteroatoms. The highest BCUT2D eigenvalue weighted by Gasteiger charge is 2.60. The van der Waals surface area contributed by atoms with Crippen LogP contribution in [0.25, 0.3) is 11.4 Å². The van der Waals surface area contributed by atoms with E-state index in [1.54, 1.807) is 18.0 Å². The van der Waals surface area contributed by atoms with Gasteiger partial charge in [-0.2, -0.15) is 0 Å². The average molecular weight is 879 g/mol. The Balaban J connectivity index is 1.28. The molecule has 4 saturated heterocycles. The largest absolute Gasteiger partial charge is 0.458 e. The van der Waals surface area contributed by atoms with Crippen molar-refractivity contribution in [1.29, 1.82) is 0 Å². The first-order chi connectivity index (χ1) is 29.9. The van der Waals surface area contributed by atoms with Gasteiger partial charge in [-0.15, -0.1) is 0 Å². The maximum atomic E-state index is 14.6. The highest BCUT2D eigenvalue weighted by atomic mass is 16.7. The van der Waals surface area contributed by atoms with Gasteiger partial charge in [-0.25, -0.2) is 14.8 Å². The van der Waals surface area contributed by atoms with E-state index in [4.69, 9.17) is 44.0 Å². The second kappa shape index (κ2) is 19.0. The minimum Gasteiger partial charge on any atom is -0.458 e. The third-order valence-corrected chi connectivity index (χ3v) is 13.7. The molecule has 0 spiro atoms. The molecule has 14 atom stereocenters. The van der Waals surface area contributed by atoms with E-state index in [-0.39, 0.29) is 49.6 Å². The Morgan fingerprint density at radius 3 is 2.56 bits per heavy atom. The van der Waals surface area contributed by atoms with Gasteiger partial charge in [0.05, 0.1) is 79.4 Å². The van der Waals surface area contributed by atoms with Gasteiger partial charge in [0.25, 0.3) is 0 Å². The van der Waals surface area contributed by atoms with E-state index in [1.807, 2.05) is 71.8 Å². The van der Waals surface area contributed by atoms with E-state index in [1.165, 1.54) is 6.20 Å². The van der Waals surface area contributed by atoms with Crippen LogP contribution < -0.4 is 5.73 Å². The zero-order valence-electron chi connectivity index (χ0n) is 38.3. The van der Waals surface area contributed by atoms with E-state index >= 15 is 0 Å². The van der Waals surface area contributed by atoms with Crippen LogP contribution in [0.3, 0.4) is 0 Å². The van der Waals surface area contributed by atoms with Gasteiger partial charge in [-0.3, -0.25) is 19.7 Å². The van der Waals surface area contributed by atoms with Gasteiger partial charge in [-0.05, 0) is 79.1 Å². The fourth-order valence-corrected chi connectivity index (χ4v) is 10.6. The van der Waals surface area contributed by atoms with E-state index in [0.717, 1.165) is 5.71 Å². The predicted octanol–water partition coefficient (Wildman–Crippen LogP) is 4.28. The van der Waals surface area contributed by atoms with Gasteiger partial charge in [-0.1, -0.05) is 38.9 Å². The molecule has 0 aromatic carbocycles. The molecule has 346 valence electrons. The molecule has 0 saturated carbocycles. The van der Waals surface area contributed by atoms with Crippen molar-refractivity contribution in [2.75, 3.05) is 46.1 Å². The number of aliphatic hydroxyl groups excluding tert-OH is 1. The summed E-state index contributed by atoms with van der Waals surface area (Å²) in [6, 6.07) is 4.78. The summed E-state index contributed by atoms with van der Waals surface area (Å²) in [5, 5.41) is 16.3. The molecular formula is C45H66N8O10. The number of esters is 1. The number of carbonyl (C=O) groups excluding carboxylic acids is 2. The summed E-state index contributed by atoms with van der Waals surface area (Å²) in [5.41, 5.74) is 6.61. The van der Waals surface area contributed by atoms with Crippen LogP contribution in [-0.4, -0.2) is 154 Å². The molecule has 0 unspecified atom stereocenters. The van der Waals surface area contributed by atoms with Crippen LogP contribution in [0.4, 0.5) is 10.6 Å². The molecule has 2 aromatic rings. The molecule has 5 aliphatic rings. The molecule has 4 bridgehead atoms. The summed E-state index contributed by atoms with van der Waals surface area (Å²) in [5.74, 6) is -2.09. The number of nitrogen functional groups attached to an aromatic ring is 1. The van der Waals surface area contributed by atoms with Crippen molar-refractivity contribution < 1.29 is 48.0 Å². The number of hydrogen-bond donors (Lipinski definition) is 2. The quantitative estimate of drug-likeness (QED) is 0.280. The smallest absolute Gasteiger partial charge is 0.410 e. The average Bonchev–Trinajstić information content (AvgIpc) is 3.39. The number of oxime groups is 1. The SMILES string of the molecule is CC[C@@H]1OC(=O)[C@H](C)[C@H]2OCC(=NOCc3cccc(-c4cncc(N)n4)n3)CO[C@](C)(C[C@@H](C)C3=NCCN4C(=O)O[C@@]1(C)[C@H]4[C@H]3C)[C@@H](O[C@H]1O[C@@H](C)C[C@@H](N(C)C)[C@@H]1O)[C@@H]2C. The summed E-state index contributed by atoms with van der Waals surface area (Å²) in [4.78, 5) is 56.1. The lowest BCUT2D eigenvalue weighted by atomic mass is 9.72. The molecule has 0 aliphatic carbocycles. The van der Waals surface area contributed by atoms with Crippen LogP contribution in [0.2, 0.25) is 0 Å². The lowest BCUT2D eigenvalue weighted by Crippen LogP contribution is -2.60. The number of fused-ring (bicyclic) bond motifs is 4. The number of amides is 1. The van der Waals surface area contributed by atoms with E-state index in [2.05, 4.69) is 34.0 Å². The fourth-order valence-electron chi connectivity index (χ4n) is 10.6. The Labute approximate surface area is 370 Å². The highest BCUT2D eigenvalue weighted by Crippen LogP contribution is 2.45. The van der Waals surface area contributed by atoms with Crippen molar-refractivity contribution in [2.45, 2.75) is 141 Å². The lowest BCUT2D eigenvalue weighted by molar-refractivity contribution is -0.302. The minimum atomic E-state index is -1.15. The van der Waals surface area contributed by atoms with Gasteiger partial charge >= 0.3 is 12.1 Å². The van der Waals surface area contributed by atoms with Crippen molar-refractivity contribution in [1.82, 2.24) is 24.8 Å². The third kappa shape index (κ3) is 9.57. The topological polar surface area (TPSA) is 215 Å². The summed E-state index contributed by atoms with van der Waals surface area (Å²) >= 11 is 0. The molecule has 7 rings (SSSR count). The normalized spacial score (nSPS) is 38.4. The first-order valence-corrected chi connectivity index (χ1v) is 22.3. The maximum absolute atomic E-state index is 14.6. The highest BCUT2D eigenvalue weighted by molar-refractivity contribution is 5.91. The molecular weight excluding hydrogens is 813 g/mol. The van der Waals surface area contributed by atoms with Crippen molar-refractivity contribution in [2.24, 2.45) is 33.8 Å². The maximum Gasteiger partial charge on any atom is 0.410 e. The number of likely N-dealkylation sites (N-methyl/N-ethyl adjacent to an activating group) is 1. The summed E-state index contributed by atoms with van der Waals surface area (Å²) < 4.78 is 39.9. The Hall–Kier alpha value is -4.33. The Morgan fingerprint density at radius 1 is 1.05 bits per heavy atom. The third-order valence-electron chi connectivity index (χ3n) is 13.7. The van der Waals surface area contributed by atoms with Crippen LogP contribution in [0.5, 0.6) is 0 Å². The van der Waals surface area contributed by atoms with Crippen LogP contribution >= 0.6 is 0 Å². The molecule has 5 aliphatic heterocycles. The summed E-state index contributed by atoms with van der Waals surface area (Å²) in [6.45, 7) is 16.4. The van der Waals surface area contributed by atoms with E-state index in [0.29, 0.717) is 55.1 Å². The van der Waals surface area contributed by atoms with Crippen LogP contribution in [-0.2, 0) is 44.7 Å². The summed E-state index contributed by atoms with van der Waals surface area (Å²) in [6.07, 6.45) is -0.591. The lowest BCUT2D eigenvalue weighted by Gasteiger charge is -2.48. The molecule has 18 nitrogen and oxygen atoms in total. The molecule has 7 heterocycles. The van der Waals surface area contributed by atoms with Gasteiger partial charge in [0, 0.05) is 30.1 Å². The summed E-state index contributed by atoms with van der Waals surface area (Å²) in [7, 11) is 3.86. The standard InChI is InChI=1S/C45H66N8O10/c1-11-34-45(8)39-26(4)36(48-15-16-53(39)43(56)63-45)24(2)18-44(7)40(62-42-37(54)33(52(9)10)17-25(3)60-42)27(5)38(28(6)41(55)61-34)57-21-30(22-58-44)51-59-23-29-13-12-14-31(49-29)32-19-47-20-35(46)50-32/h12-14,19-20,24-28,33-34,37-40,42,54H,11,15-18,21-23H2,1-10H3,(H2,46,50)/t24-,25+,26+,27-,28-,33-,34+,37+,38+,39-,40+,42-,44-,45-/m1/s1. The van der Waals surface area contributed by atoms with Crippen LogP contribution in [0.15, 0.2) is 40.7 Å². The monoisotopic (exact) mass is 878 g/mol. The number of hydrogen-bond acceptors (Lipinski definition) is 17. The van der Waals surface area contributed by atoms with E-state index < -0.39 is 71.8 Å². The van der Waals surface area contributed by atoms with Crippen molar-refractivity contribution in [3.05, 3.63) is 36.3 Å². The number of rotatable bonds is 8. The van der Waals surface area contributed by atoms with Crippen LogP contribution in [0, 0.1) is 23.7 Å². The number of aliphatic imine (C=N–C) groups is 1. The first-order valence-electron chi connectivity index (χ1n) is 22.3. The predicted molar refractivity (Wildman–Crippen MR) is 232 cm³/mol. The van der Waals surface area contributed by atoms with Crippen molar-refractivity contribution >= 4 is 29.3 Å². The van der Waals surface area contributed by atoms with E-state index in [9.17, 15) is 14.7 Å². The second-order valence-electron chi connectivity index (χ2n) is 18.7. The number of pyridine rings is 1. The molecule has 2 aromatic heterocycles. The number of ether oxygens (including phenoxy) is 6. The molecule has 1 amide bonds. The molecule has 0 radical (unpaired) electrons. The van der Waals surface area contributed by atoms with Crippen molar-refractivity contribution in [3.63, 3.8) is 0 Å². The van der Waals surface area contributed by atoms with Gasteiger partial charge < -0.3 is 49.0 Å². The Morgan fingerprint density at radius 2 is 1.83 bits per heavy atom. The molecule has 4 fully saturated rings. The minimum absolute atomic E-state index is 0.0186.